The highest BCUT2D eigenvalue weighted by Gasteiger charge is 2.54. The number of nitrogens with one attached hydrogen (secondary N) is 2. The average molecular weight is 591 g/mol. The van der Waals surface area contributed by atoms with Gasteiger partial charge in [0.25, 0.3) is 6.43 Å². The van der Waals surface area contributed by atoms with Crippen molar-refractivity contribution in [2.24, 2.45) is 12.5 Å². The Morgan fingerprint density at radius 1 is 1.17 bits per heavy atom. The standard InChI is InChI=1S/C29H29ClF2N10/c1-28(2,3)15-35-23-16(12-33)13-34-24-19(23)10-17(11-20(24)30)36-25(18-6-5-7-21-26(18)41(4)39-37-21)22-14-42(40-38-22)29(8-9-29)27(31)32/h5-7,10-11,13-14,25,27,36H,8-9,15H2,1-4H3,(H,34,35). The van der Waals surface area contributed by atoms with Gasteiger partial charge < -0.3 is 10.6 Å². The van der Waals surface area contributed by atoms with Crippen molar-refractivity contribution in [3.8, 4) is 6.07 Å². The Labute approximate surface area is 245 Å². The fourth-order valence-corrected chi connectivity index (χ4v) is 5.39. The average Bonchev–Trinajstić information content (AvgIpc) is 3.47. The molecule has 0 radical (unpaired) electrons. The lowest BCUT2D eigenvalue weighted by Crippen LogP contribution is -2.26. The summed E-state index contributed by atoms with van der Waals surface area (Å²) >= 11 is 6.75. The van der Waals surface area contributed by atoms with Gasteiger partial charge in [-0.2, -0.15) is 5.26 Å². The van der Waals surface area contributed by atoms with Crippen LogP contribution in [0.25, 0.3) is 21.9 Å². The summed E-state index contributed by atoms with van der Waals surface area (Å²) in [5.41, 5.74) is 3.47. The van der Waals surface area contributed by atoms with Gasteiger partial charge in [-0.15, -0.1) is 10.2 Å². The molecule has 1 unspecified atom stereocenters. The topological polar surface area (TPSA) is 122 Å². The lowest BCUT2D eigenvalue weighted by Gasteiger charge is -2.22. The van der Waals surface area contributed by atoms with Crippen LogP contribution >= 0.6 is 11.6 Å². The number of alkyl halides is 2. The van der Waals surface area contributed by atoms with Crippen LogP contribution in [0.5, 0.6) is 0 Å². The molecule has 0 aliphatic heterocycles. The summed E-state index contributed by atoms with van der Waals surface area (Å²) in [6.07, 6.45) is 1.22. The number of pyridine rings is 1. The van der Waals surface area contributed by atoms with Crippen LogP contribution in [0.1, 0.15) is 56.5 Å². The van der Waals surface area contributed by atoms with Gasteiger partial charge in [0.05, 0.1) is 39.5 Å². The monoisotopic (exact) mass is 590 g/mol. The van der Waals surface area contributed by atoms with Crippen molar-refractivity contribution < 1.29 is 8.78 Å². The Morgan fingerprint density at radius 2 is 1.95 bits per heavy atom. The first-order chi connectivity index (χ1) is 20.0. The highest BCUT2D eigenvalue weighted by Crippen LogP contribution is 2.48. The molecule has 216 valence electrons. The zero-order chi connectivity index (χ0) is 29.8. The number of fused-ring (bicyclic) bond motifs is 2. The minimum Gasteiger partial charge on any atom is -0.383 e. The number of halogens is 3. The van der Waals surface area contributed by atoms with Crippen LogP contribution < -0.4 is 10.6 Å². The van der Waals surface area contributed by atoms with Gasteiger partial charge in [0, 0.05) is 36.4 Å². The molecule has 0 saturated heterocycles. The molecule has 6 rings (SSSR count). The smallest absolute Gasteiger partial charge is 0.263 e. The molecule has 1 saturated carbocycles. The maximum atomic E-state index is 13.9. The second-order valence-electron chi connectivity index (χ2n) is 11.9. The summed E-state index contributed by atoms with van der Waals surface area (Å²) in [6, 6.07) is 10.8. The summed E-state index contributed by atoms with van der Waals surface area (Å²) in [6.45, 7) is 6.91. The number of nitrogens with zero attached hydrogens (tertiary/aromatic N) is 8. The first-order valence-corrected chi connectivity index (χ1v) is 13.9. The van der Waals surface area contributed by atoms with Crippen molar-refractivity contribution in [3.05, 3.63) is 64.6 Å². The highest BCUT2D eigenvalue weighted by atomic mass is 35.5. The van der Waals surface area contributed by atoms with Gasteiger partial charge in [-0.1, -0.05) is 54.9 Å². The molecular weight excluding hydrogens is 562 g/mol. The molecule has 3 heterocycles. The van der Waals surface area contributed by atoms with Crippen LogP contribution in [0.4, 0.5) is 20.2 Å². The molecule has 2 aromatic carbocycles. The van der Waals surface area contributed by atoms with Gasteiger partial charge in [-0.25, -0.2) is 18.1 Å². The number of benzene rings is 2. The number of aryl methyl sites for hydroxylation is 1. The molecule has 1 aliphatic rings. The van der Waals surface area contributed by atoms with E-state index in [2.05, 4.69) is 63.1 Å². The Bertz CT molecular complexity index is 1850. The van der Waals surface area contributed by atoms with Crippen molar-refractivity contribution in [2.75, 3.05) is 17.2 Å². The van der Waals surface area contributed by atoms with Gasteiger partial charge in [-0.3, -0.25) is 4.98 Å². The van der Waals surface area contributed by atoms with E-state index in [9.17, 15) is 14.0 Å². The van der Waals surface area contributed by atoms with Crippen molar-refractivity contribution in [1.82, 2.24) is 35.0 Å². The van der Waals surface area contributed by atoms with E-state index in [1.54, 1.807) is 24.0 Å². The van der Waals surface area contributed by atoms with E-state index in [0.717, 1.165) is 11.1 Å². The van der Waals surface area contributed by atoms with Gasteiger partial charge in [-0.05, 0) is 36.5 Å². The van der Waals surface area contributed by atoms with E-state index in [4.69, 9.17) is 11.6 Å². The number of hydrogen-bond donors (Lipinski definition) is 2. The van der Waals surface area contributed by atoms with Crippen LogP contribution in [0.15, 0.2) is 42.7 Å². The van der Waals surface area contributed by atoms with Crippen molar-refractivity contribution in [3.63, 3.8) is 0 Å². The zero-order valence-corrected chi connectivity index (χ0v) is 24.3. The van der Waals surface area contributed by atoms with Gasteiger partial charge in [0.1, 0.15) is 22.8 Å². The fourth-order valence-electron chi connectivity index (χ4n) is 5.13. The quantitative estimate of drug-likeness (QED) is 0.224. The van der Waals surface area contributed by atoms with Gasteiger partial charge in [0.2, 0.25) is 0 Å². The van der Waals surface area contributed by atoms with Crippen molar-refractivity contribution >= 4 is 44.9 Å². The van der Waals surface area contributed by atoms with E-state index in [1.165, 1.54) is 10.9 Å². The summed E-state index contributed by atoms with van der Waals surface area (Å²) in [4.78, 5) is 4.45. The molecule has 0 amide bonds. The largest absolute Gasteiger partial charge is 0.383 e. The van der Waals surface area contributed by atoms with Crippen LogP contribution in [0.2, 0.25) is 5.02 Å². The van der Waals surface area contributed by atoms with E-state index in [1.807, 2.05) is 24.3 Å². The number of para-hydroxylation sites is 1. The Hall–Kier alpha value is -4.37. The minimum atomic E-state index is -2.55. The summed E-state index contributed by atoms with van der Waals surface area (Å²) in [5, 5.41) is 34.7. The Kier molecular flexibility index (Phi) is 6.73. The highest BCUT2D eigenvalue weighted by molar-refractivity contribution is 6.35. The maximum absolute atomic E-state index is 13.9. The van der Waals surface area contributed by atoms with E-state index >= 15 is 0 Å². The number of aromatic nitrogens is 7. The van der Waals surface area contributed by atoms with Crippen molar-refractivity contribution in [2.45, 2.75) is 51.6 Å². The molecule has 0 bridgehead atoms. The molecular formula is C29H29ClF2N10. The van der Waals surface area contributed by atoms with Gasteiger partial charge in [0.15, 0.2) is 0 Å². The molecule has 5 aromatic rings. The molecule has 2 N–H and O–H groups in total. The first kappa shape index (κ1) is 27.8. The molecule has 1 aliphatic carbocycles. The third kappa shape index (κ3) is 4.87. The van der Waals surface area contributed by atoms with Crippen LogP contribution in [0, 0.1) is 16.7 Å². The molecule has 3 aromatic heterocycles. The third-order valence-corrected chi connectivity index (χ3v) is 7.84. The lowest BCUT2D eigenvalue weighted by atomic mass is 9.96. The zero-order valence-electron chi connectivity index (χ0n) is 23.5. The summed E-state index contributed by atoms with van der Waals surface area (Å²) < 4.78 is 30.8. The second kappa shape index (κ2) is 10.2. The fraction of sp³-hybridized carbons (Fsp3) is 0.379. The number of hydrogen-bond acceptors (Lipinski definition) is 8. The normalized spacial score (nSPS) is 15.2. The molecule has 1 atom stereocenters. The van der Waals surface area contributed by atoms with Gasteiger partial charge >= 0.3 is 0 Å². The first-order valence-electron chi connectivity index (χ1n) is 13.5. The van der Waals surface area contributed by atoms with Crippen molar-refractivity contribution in [1.29, 1.82) is 5.26 Å². The summed E-state index contributed by atoms with van der Waals surface area (Å²) in [7, 11) is 1.79. The molecule has 1 fully saturated rings. The van der Waals surface area contributed by atoms with E-state index < -0.39 is 18.0 Å². The number of anilines is 2. The number of rotatable bonds is 8. The Balaban J connectivity index is 1.49. The lowest BCUT2D eigenvalue weighted by molar-refractivity contribution is 0.0593. The second-order valence-corrected chi connectivity index (χ2v) is 12.3. The van der Waals surface area contributed by atoms with Crippen LogP contribution in [0.3, 0.4) is 0 Å². The third-order valence-electron chi connectivity index (χ3n) is 7.55. The van der Waals surface area contributed by atoms with E-state index in [0.29, 0.717) is 63.5 Å². The number of nitriles is 1. The Morgan fingerprint density at radius 3 is 2.64 bits per heavy atom. The van der Waals surface area contributed by atoms with Crippen LogP contribution in [-0.2, 0) is 12.6 Å². The molecule has 13 heteroatoms. The van der Waals surface area contributed by atoms with Crippen LogP contribution in [-0.4, -0.2) is 47.9 Å². The van der Waals surface area contributed by atoms with E-state index in [-0.39, 0.29) is 5.41 Å². The summed E-state index contributed by atoms with van der Waals surface area (Å²) in [5.74, 6) is 0. The predicted octanol–water partition coefficient (Wildman–Crippen LogP) is 6.05. The SMILES string of the molecule is Cn1nnc2cccc(C(Nc3cc(Cl)c4ncc(C#N)c(NCC(C)(C)C)c4c3)c3cn(C4(C(F)F)CC4)nn3)c21. The molecule has 42 heavy (non-hydrogen) atoms. The maximum Gasteiger partial charge on any atom is 0.263 e. The predicted molar refractivity (Wildman–Crippen MR) is 157 cm³/mol. The minimum absolute atomic E-state index is 0.0497. The molecule has 10 nitrogen and oxygen atoms in total. The molecule has 0 spiro atoms.